The topological polar surface area (TPSA) is 41.5 Å². The van der Waals surface area contributed by atoms with E-state index in [1.807, 2.05) is 19.1 Å². The van der Waals surface area contributed by atoms with Gasteiger partial charge in [0.15, 0.2) is 0 Å². The van der Waals surface area contributed by atoms with Gasteiger partial charge in [-0.25, -0.2) is 9.82 Å². The van der Waals surface area contributed by atoms with Crippen molar-refractivity contribution in [3.05, 3.63) is 71.0 Å². The van der Waals surface area contributed by atoms with Crippen LogP contribution in [0.1, 0.15) is 21.5 Å². The van der Waals surface area contributed by atoms with Crippen molar-refractivity contribution >= 4 is 12.1 Å². The Balaban J connectivity index is 2.01. The second-order valence-corrected chi connectivity index (χ2v) is 4.09. The highest BCUT2D eigenvalue weighted by atomic mass is 19.1. The van der Waals surface area contributed by atoms with Gasteiger partial charge in [0.05, 0.1) is 6.21 Å². The van der Waals surface area contributed by atoms with E-state index in [4.69, 9.17) is 0 Å². The number of amides is 1. The molecule has 1 amide bonds. The number of aryl methyl sites for hydroxylation is 1. The van der Waals surface area contributed by atoms with Gasteiger partial charge in [-0.3, -0.25) is 4.79 Å². The largest absolute Gasteiger partial charge is 0.271 e. The van der Waals surface area contributed by atoms with Crippen molar-refractivity contribution in [1.82, 2.24) is 5.43 Å². The number of halogens is 1. The van der Waals surface area contributed by atoms with E-state index in [0.29, 0.717) is 11.1 Å². The standard InChI is InChI=1S/C15H13FN2O/c1-11-6-8-12(9-7-11)15(19)18-17-10-13-4-2-3-5-14(13)16/h2-10H,1H3,(H,18,19)/b17-10+. The Hall–Kier alpha value is -2.49. The summed E-state index contributed by atoms with van der Waals surface area (Å²) < 4.78 is 13.3. The molecular formula is C15H13FN2O. The van der Waals surface area contributed by atoms with Crippen LogP contribution < -0.4 is 5.43 Å². The molecule has 0 saturated carbocycles. The van der Waals surface area contributed by atoms with Gasteiger partial charge in [0.25, 0.3) is 5.91 Å². The predicted molar refractivity (Wildman–Crippen MR) is 72.6 cm³/mol. The van der Waals surface area contributed by atoms with Crippen molar-refractivity contribution in [2.24, 2.45) is 5.10 Å². The number of rotatable bonds is 3. The molecule has 0 aliphatic carbocycles. The van der Waals surface area contributed by atoms with Crippen molar-refractivity contribution in [3.63, 3.8) is 0 Å². The summed E-state index contributed by atoms with van der Waals surface area (Å²) in [6.45, 7) is 1.94. The van der Waals surface area contributed by atoms with Crippen LogP contribution in [0.3, 0.4) is 0 Å². The van der Waals surface area contributed by atoms with E-state index in [1.54, 1.807) is 30.3 Å². The Bertz CT molecular complexity index is 606. The first kappa shape index (κ1) is 13.0. The van der Waals surface area contributed by atoms with Gasteiger partial charge in [0.2, 0.25) is 0 Å². The zero-order chi connectivity index (χ0) is 13.7. The lowest BCUT2D eigenvalue weighted by molar-refractivity contribution is 0.0955. The molecule has 96 valence electrons. The van der Waals surface area contributed by atoms with E-state index in [1.165, 1.54) is 12.3 Å². The molecular weight excluding hydrogens is 243 g/mol. The molecule has 0 aliphatic rings. The van der Waals surface area contributed by atoms with Crippen LogP contribution in [-0.2, 0) is 0 Å². The molecule has 0 unspecified atom stereocenters. The number of hydrogen-bond acceptors (Lipinski definition) is 2. The minimum Gasteiger partial charge on any atom is -0.267 e. The van der Waals surface area contributed by atoms with E-state index in [2.05, 4.69) is 10.5 Å². The molecule has 19 heavy (non-hydrogen) atoms. The van der Waals surface area contributed by atoms with Crippen molar-refractivity contribution < 1.29 is 9.18 Å². The fraction of sp³-hybridized carbons (Fsp3) is 0.0667. The van der Waals surface area contributed by atoms with Crippen LogP contribution in [0.25, 0.3) is 0 Å². The van der Waals surface area contributed by atoms with Crippen LogP contribution in [0.2, 0.25) is 0 Å². The Morgan fingerprint density at radius 1 is 1.16 bits per heavy atom. The minimum atomic E-state index is -0.379. The van der Waals surface area contributed by atoms with Gasteiger partial charge in [-0.2, -0.15) is 5.10 Å². The summed E-state index contributed by atoms with van der Waals surface area (Å²) in [4.78, 5) is 11.7. The lowest BCUT2D eigenvalue weighted by atomic mass is 10.1. The highest BCUT2D eigenvalue weighted by Crippen LogP contribution is 2.04. The van der Waals surface area contributed by atoms with E-state index in [-0.39, 0.29) is 11.7 Å². The molecule has 0 aliphatic heterocycles. The van der Waals surface area contributed by atoms with Crippen LogP contribution in [0.15, 0.2) is 53.6 Å². The Labute approximate surface area is 110 Å². The molecule has 0 atom stereocenters. The summed E-state index contributed by atoms with van der Waals surface area (Å²) in [5.74, 6) is -0.705. The number of carbonyl (C=O) groups is 1. The molecule has 2 rings (SSSR count). The van der Waals surface area contributed by atoms with Crippen LogP contribution in [0, 0.1) is 12.7 Å². The monoisotopic (exact) mass is 256 g/mol. The summed E-state index contributed by atoms with van der Waals surface area (Å²) in [5.41, 5.74) is 4.27. The first-order valence-corrected chi connectivity index (χ1v) is 5.81. The third-order valence-corrected chi connectivity index (χ3v) is 2.59. The van der Waals surface area contributed by atoms with Crippen LogP contribution in [-0.4, -0.2) is 12.1 Å². The second-order valence-electron chi connectivity index (χ2n) is 4.09. The third-order valence-electron chi connectivity index (χ3n) is 2.59. The maximum absolute atomic E-state index is 13.3. The maximum atomic E-state index is 13.3. The van der Waals surface area contributed by atoms with Crippen molar-refractivity contribution in [2.45, 2.75) is 6.92 Å². The normalized spacial score (nSPS) is 10.6. The van der Waals surface area contributed by atoms with Gasteiger partial charge >= 0.3 is 0 Å². The van der Waals surface area contributed by atoms with Gasteiger partial charge in [-0.05, 0) is 25.1 Å². The second kappa shape index (κ2) is 5.91. The number of hydrazone groups is 1. The molecule has 0 heterocycles. The first-order valence-electron chi connectivity index (χ1n) is 5.81. The molecule has 2 aromatic carbocycles. The zero-order valence-corrected chi connectivity index (χ0v) is 10.4. The van der Waals surface area contributed by atoms with Crippen LogP contribution in [0.5, 0.6) is 0 Å². The smallest absolute Gasteiger partial charge is 0.267 e. The molecule has 2 aromatic rings. The Morgan fingerprint density at radius 3 is 2.53 bits per heavy atom. The summed E-state index contributed by atoms with van der Waals surface area (Å²) in [6.07, 6.45) is 1.28. The fourth-order valence-electron chi connectivity index (χ4n) is 1.51. The lowest BCUT2D eigenvalue weighted by Gasteiger charge is -2.00. The molecule has 0 saturated heterocycles. The SMILES string of the molecule is Cc1ccc(C(=O)N/N=C/c2ccccc2F)cc1. The highest BCUT2D eigenvalue weighted by Gasteiger charge is 2.03. The van der Waals surface area contributed by atoms with Gasteiger partial charge in [0, 0.05) is 11.1 Å². The summed E-state index contributed by atoms with van der Waals surface area (Å²) >= 11 is 0. The van der Waals surface area contributed by atoms with Gasteiger partial charge in [-0.15, -0.1) is 0 Å². The van der Waals surface area contributed by atoms with Gasteiger partial charge in [0.1, 0.15) is 5.82 Å². The van der Waals surface area contributed by atoms with E-state index >= 15 is 0 Å². The highest BCUT2D eigenvalue weighted by molar-refractivity contribution is 5.94. The maximum Gasteiger partial charge on any atom is 0.271 e. The van der Waals surface area contributed by atoms with E-state index in [9.17, 15) is 9.18 Å². The Kier molecular flexibility index (Phi) is 4.03. The minimum absolute atomic E-state index is 0.326. The number of carbonyl (C=O) groups excluding carboxylic acids is 1. The average Bonchev–Trinajstić information content (AvgIpc) is 2.41. The Morgan fingerprint density at radius 2 is 1.84 bits per heavy atom. The van der Waals surface area contributed by atoms with Crippen molar-refractivity contribution in [2.75, 3.05) is 0 Å². The molecule has 1 N–H and O–H groups in total. The molecule has 0 aromatic heterocycles. The summed E-state index contributed by atoms with van der Waals surface area (Å²) in [7, 11) is 0. The van der Waals surface area contributed by atoms with Crippen molar-refractivity contribution in [1.29, 1.82) is 0 Å². The quantitative estimate of drug-likeness (QED) is 0.665. The molecule has 0 fully saturated rings. The lowest BCUT2D eigenvalue weighted by Crippen LogP contribution is -2.17. The average molecular weight is 256 g/mol. The van der Waals surface area contributed by atoms with Gasteiger partial charge < -0.3 is 0 Å². The predicted octanol–water partition coefficient (Wildman–Crippen LogP) is 2.90. The van der Waals surface area contributed by atoms with Crippen LogP contribution >= 0.6 is 0 Å². The van der Waals surface area contributed by atoms with E-state index < -0.39 is 0 Å². The molecule has 0 spiro atoms. The number of nitrogens with one attached hydrogen (secondary N) is 1. The number of hydrogen-bond donors (Lipinski definition) is 1. The number of nitrogens with zero attached hydrogens (tertiary/aromatic N) is 1. The summed E-state index contributed by atoms with van der Waals surface area (Å²) in [5, 5.41) is 3.74. The zero-order valence-electron chi connectivity index (χ0n) is 10.4. The molecule has 3 nitrogen and oxygen atoms in total. The fourth-order valence-corrected chi connectivity index (χ4v) is 1.51. The van der Waals surface area contributed by atoms with Crippen LogP contribution in [0.4, 0.5) is 4.39 Å². The molecule has 0 radical (unpaired) electrons. The van der Waals surface area contributed by atoms with Gasteiger partial charge in [-0.1, -0.05) is 35.9 Å². The number of benzene rings is 2. The summed E-state index contributed by atoms with van der Waals surface area (Å²) in [6, 6.07) is 13.3. The third kappa shape index (κ3) is 3.48. The van der Waals surface area contributed by atoms with E-state index in [0.717, 1.165) is 5.56 Å². The molecule has 4 heteroatoms. The van der Waals surface area contributed by atoms with Crippen molar-refractivity contribution in [3.8, 4) is 0 Å². The molecule has 0 bridgehead atoms. The first-order chi connectivity index (χ1) is 9.16.